The number of hydrogen-bond acceptors (Lipinski definition) is 3. The molecule has 4 rings (SSSR count). The molecule has 1 aliphatic rings. The van der Waals surface area contributed by atoms with Crippen molar-refractivity contribution in [2.45, 2.75) is 6.92 Å². The maximum atomic E-state index is 7.82. The quantitative estimate of drug-likeness (QED) is 0.551. The lowest BCUT2D eigenvalue weighted by Crippen LogP contribution is -2.00. The summed E-state index contributed by atoms with van der Waals surface area (Å²) in [5, 5.41) is 9.99. The van der Waals surface area contributed by atoms with Gasteiger partial charge in [-0.25, -0.2) is 0 Å². The zero-order valence-corrected chi connectivity index (χ0v) is 15.2. The van der Waals surface area contributed by atoms with Crippen molar-refractivity contribution >= 4 is 33.4 Å². The zero-order chi connectivity index (χ0) is 19.0. The van der Waals surface area contributed by atoms with Crippen LogP contribution < -0.4 is 11.5 Å². The first-order chi connectivity index (χ1) is 13.0. The monoisotopic (exact) mass is 351 g/mol. The van der Waals surface area contributed by atoms with E-state index in [1.165, 1.54) is 0 Å². The highest BCUT2D eigenvalue weighted by Crippen LogP contribution is 2.37. The van der Waals surface area contributed by atoms with E-state index in [4.69, 9.17) is 16.9 Å². The number of fused-ring (bicyclic) bond motifs is 1. The van der Waals surface area contributed by atoms with Crippen LogP contribution in [-0.2, 0) is 0 Å². The Morgan fingerprint density at radius 3 is 2.11 bits per heavy atom. The molecule has 0 aromatic heterocycles. The molecule has 3 aromatic rings. The minimum atomic E-state index is 0.494. The standard InChI is InChI=1S/C24H21N3/c1-15-14-22(20-4-2-3-5-21(20)24(15)27)23(16-6-10-18(25)11-7-16)17-8-12-19(26)13-9-17/h2-14,25H,26-27H2,1H3. The number of allylic oxidation sites excluding steroid dienone is 5. The Hall–Kier alpha value is -3.59. The van der Waals surface area contributed by atoms with Gasteiger partial charge in [0.1, 0.15) is 0 Å². The molecule has 0 spiro atoms. The van der Waals surface area contributed by atoms with Crippen LogP contribution in [0.25, 0.3) is 16.3 Å². The summed E-state index contributed by atoms with van der Waals surface area (Å²) < 4.78 is 0. The number of nitrogens with two attached hydrogens (primary N) is 2. The lowest BCUT2D eigenvalue weighted by Gasteiger charge is -2.18. The molecule has 0 heterocycles. The molecule has 3 aromatic carbocycles. The summed E-state index contributed by atoms with van der Waals surface area (Å²) in [7, 11) is 0. The molecule has 3 nitrogen and oxygen atoms in total. The third kappa shape index (κ3) is 3.04. The number of nitrogens with one attached hydrogen (secondary N) is 1. The Bertz CT molecular complexity index is 1130. The van der Waals surface area contributed by atoms with Gasteiger partial charge in [-0.1, -0.05) is 48.6 Å². The molecule has 5 N–H and O–H groups in total. The number of rotatable bonds is 2. The number of benzene rings is 3. The second-order valence-electron chi connectivity index (χ2n) is 6.77. The molecule has 0 amide bonds. The van der Waals surface area contributed by atoms with Gasteiger partial charge < -0.3 is 16.9 Å². The van der Waals surface area contributed by atoms with Crippen molar-refractivity contribution in [3.05, 3.63) is 101 Å². The van der Waals surface area contributed by atoms with Gasteiger partial charge in [0.25, 0.3) is 0 Å². The van der Waals surface area contributed by atoms with Gasteiger partial charge in [-0.2, -0.15) is 0 Å². The van der Waals surface area contributed by atoms with Crippen LogP contribution in [0.4, 0.5) is 11.4 Å². The third-order valence-electron chi connectivity index (χ3n) is 4.94. The average Bonchev–Trinajstić information content (AvgIpc) is 2.69. The molecule has 3 heteroatoms. The first-order valence-electron chi connectivity index (χ1n) is 8.87. The van der Waals surface area contributed by atoms with Crippen molar-refractivity contribution in [2.24, 2.45) is 0 Å². The van der Waals surface area contributed by atoms with Crippen LogP contribution >= 0.6 is 0 Å². The van der Waals surface area contributed by atoms with Gasteiger partial charge in [0, 0.05) is 16.8 Å². The smallest absolute Gasteiger partial charge is 0.0540 e. The molecule has 27 heavy (non-hydrogen) atoms. The van der Waals surface area contributed by atoms with Crippen LogP contribution in [0.15, 0.2) is 84.5 Å². The van der Waals surface area contributed by atoms with Crippen LogP contribution in [0, 0.1) is 12.3 Å². The summed E-state index contributed by atoms with van der Waals surface area (Å²) in [5.74, 6) is 0. The van der Waals surface area contributed by atoms with Gasteiger partial charge in [-0.05, 0) is 70.5 Å². The van der Waals surface area contributed by atoms with E-state index in [0.29, 0.717) is 5.71 Å². The van der Waals surface area contributed by atoms with Crippen molar-refractivity contribution in [2.75, 3.05) is 11.5 Å². The van der Waals surface area contributed by atoms with Crippen molar-refractivity contribution in [3.63, 3.8) is 0 Å². The van der Waals surface area contributed by atoms with Crippen LogP contribution in [0.5, 0.6) is 0 Å². The maximum Gasteiger partial charge on any atom is 0.0540 e. The Morgan fingerprint density at radius 2 is 1.44 bits per heavy atom. The lowest BCUT2D eigenvalue weighted by atomic mass is 9.86. The largest absolute Gasteiger partial charge is 0.399 e. The van der Waals surface area contributed by atoms with E-state index in [2.05, 4.69) is 18.2 Å². The summed E-state index contributed by atoms with van der Waals surface area (Å²) in [5.41, 5.74) is 19.7. The fraction of sp³-hybridized carbons (Fsp3) is 0.0417. The van der Waals surface area contributed by atoms with E-state index in [1.807, 2.05) is 67.6 Å². The molecular weight excluding hydrogens is 330 g/mol. The van der Waals surface area contributed by atoms with Gasteiger partial charge in [-0.3, -0.25) is 0 Å². The summed E-state index contributed by atoms with van der Waals surface area (Å²) in [6, 6.07) is 18.3. The lowest BCUT2D eigenvalue weighted by molar-refractivity contribution is 1.46. The molecule has 0 bridgehead atoms. The predicted molar refractivity (Wildman–Crippen MR) is 116 cm³/mol. The minimum absolute atomic E-state index is 0.494. The third-order valence-corrected chi connectivity index (χ3v) is 4.94. The Kier molecular flexibility index (Phi) is 4.13. The summed E-state index contributed by atoms with van der Waals surface area (Å²) in [6.07, 6.45) is 7.63. The van der Waals surface area contributed by atoms with E-state index in [0.717, 1.165) is 50.0 Å². The van der Waals surface area contributed by atoms with Crippen molar-refractivity contribution in [3.8, 4) is 0 Å². The first kappa shape index (κ1) is 16.9. The molecule has 1 aliphatic carbocycles. The van der Waals surface area contributed by atoms with E-state index in [-0.39, 0.29) is 0 Å². The molecule has 0 aliphatic heterocycles. The van der Waals surface area contributed by atoms with Gasteiger partial charge in [0.15, 0.2) is 0 Å². The SMILES string of the molecule is Cc1cc(C(=C2C=CC(=N)C=C2)c2ccc(N)cc2)c2ccccc2c1N. The highest BCUT2D eigenvalue weighted by Gasteiger charge is 2.16. The fourth-order valence-electron chi connectivity index (χ4n) is 3.51. The topological polar surface area (TPSA) is 75.9 Å². The number of anilines is 2. The zero-order valence-electron chi connectivity index (χ0n) is 15.2. The second-order valence-corrected chi connectivity index (χ2v) is 6.77. The number of aryl methyl sites for hydroxylation is 1. The fourth-order valence-corrected chi connectivity index (χ4v) is 3.51. The molecule has 0 radical (unpaired) electrons. The van der Waals surface area contributed by atoms with Crippen molar-refractivity contribution in [1.82, 2.24) is 0 Å². The molecule has 0 saturated carbocycles. The Balaban J connectivity index is 2.08. The summed E-state index contributed by atoms with van der Waals surface area (Å²) in [6.45, 7) is 2.04. The normalized spacial score (nSPS) is 13.4. The molecule has 0 saturated heterocycles. The van der Waals surface area contributed by atoms with Crippen LogP contribution in [0.1, 0.15) is 16.7 Å². The van der Waals surface area contributed by atoms with E-state index in [1.54, 1.807) is 0 Å². The summed E-state index contributed by atoms with van der Waals surface area (Å²) >= 11 is 0. The van der Waals surface area contributed by atoms with Gasteiger partial charge in [0.2, 0.25) is 0 Å². The van der Waals surface area contributed by atoms with Crippen LogP contribution in [0.2, 0.25) is 0 Å². The first-order valence-corrected chi connectivity index (χ1v) is 8.87. The average molecular weight is 351 g/mol. The van der Waals surface area contributed by atoms with E-state index in [9.17, 15) is 0 Å². The van der Waals surface area contributed by atoms with E-state index >= 15 is 0 Å². The highest BCUT2D eigenvalue weighted by atomic mass is 14.6. The molecule has 0 atom stereocenters. The highest BCUT2D eigenvalue weighted by molar-refractivity contribution is 6.08. The Labute approximate surface area is 158 Å². The Morgan fingerprint density at radius 1 is 0.815 bits per heavy atom. The van der Waals surface area contributed by atoms with Gasteiger partial charge >= 0.3 is 0 Å². The van der Waals surface area contributed by atoms with Gasteiger partial charge in [-0.15, -0.1) is 0 Å². The molecule has 0 unspecified atom stereocenters. The van der Waals surface area contributed by atoms with Crippen molar-refractivity contribution in [1.29, 1.82) is 5.41 Å². The molecule has 0 fully saturated rings. The summed E-state index contributed by atoms with van der Waals surface area (Å²) in [4.78, 5) is 0. The molecular formula is C24H21N3. The number of nitrogen functional groups attached to an aromatic ring is 2. The van der Waals surface area contributed by atoms with E-state index < -0.39 is 0 Å². The van der Waals surface area contributed by atoms with Crippen LogP contribution in [0.3, 0.4) is 0 Å². The maximum absolute atomic E-state index is 7.82. The van der Waals surface area contributed by atoms with Crippen LogP contribution in [-0.4, -0.2) is 5.71 Å². The molecule has 132 valence electrons. The minimum Gasteiger partial charge on any atom is -0.399 e. The second kappa shape index (κ2) is 6.61. The van der Waals surface area contributed by atoms with Gasteiger partial charge in [0.05, 0.1) is 5.71 Å². The van der Waals surface area contributed by atoms with Crippen molar-refractivity contribution < 1.29 is 0 Å². The predicted octanol–water partition coefficient (Wildman–Crippen LogP) is 5.26. The number of hydrogen-bond donors (Lipinski definition) is 3.